The summed E-state index contributed by atoms with van der Waals surface area (Å²) in [6.45, 7) is 3.40. The summed E-state index contributed by atoms with van der Waals surface area (Å²) in [6, 6.07) is 20.4. The minimum Gasteiger partial charge on any atom is -0.454 e. The summed E-state index contributed by atoms with van der Waals surface area (Å²) in [5.41, 5.74) is 3.48. The van der Waals surface area contributed by atoms with Crippen molar-refractivity contribution >= 4 is 23.3 Å². The quantitative estimate of drug-likeness (QED) is 0.332. The van der Waals surface area contributed by atoms with Crippen LogP contribution < -0.4 is 5.32 Å². The third-order valence-corrected chi connectivity index (χ3v) is 5.05. The molecule has 2 heterocycles. The molecule has 4 aromatic rings. The minimum absolute atomic E-state index is 0.233. The lowest BCUT2D eigenvalue weighted by molar-refractivity contribution is 0.0474. The van der Waals surface area contributed by atoms with E-state index in [4.69, 9.17) is 4.74 Å². The molecule has 1 amide bonds. The van der Waals surface area contributed by atoms with Gasteiger partial charge in [0.15, 0.2) is 18.2 Å². The van der Waals surface area contributed by atoms with Crippen LogP contribution >= 0.6 is 0 Å². The highest BCUT2D eigenvalue weighted by Crippen LogP contribution is 2.14. The molecule has 1 N–H and O–H groups in total. The Hall–Kier alpha value is -4.59. The lowest BCUT2D eigenvalue weighted by atomic mass is 10.1. The number of amides is 1. The average Bonchev–Trinajstić information content (AvgIpc) is 3.21. The van der Waals surface area contributed by atoms with Crippen molar-refractivity contribution in [3.8, 4) is 5.82 Å². The van der Waals surface area contributed by atoms with Gasteiger partial charge in [0.25, 0.3) is 5.91 Å². The fourth-order valence-electron chi connectivity index (χ4n) is 3.32. The first-order valence-electron chi connectivity index (χ1n) is 10.6. The van der Waals surface area contributed by atoms with Crippen LogP contribution in [0, 0.1) is 13.8 Å². The van der Waals surface area contributed by atoms with Gasteiger partial charge in [0.05, 0.1) is 11.3 Å². The Morgan fingerprint density at radius 3 is 2.21 bits per heavy atom. The molecule has 170 valence electrons. The van der Waals surface area contributed by atoms with Crippen LogP contribution in [-0.2, 0) is 4.74 Å². The molecule has 0 spiro atoms. The molecular formula is C26H22N4O4. The van der Waals surface area contributed by atoms with Crippen LogP contribution in [0.2, 0.25) is 0 Å². The number of hydrogen-bond acceptors (Lipinski definition) is 6. The van der Waals surface area contributed by atoms with Crippen LogP contribution in [0.4, 0.5) is 5.69 Å². The molecule has 0 aliphatic heterocycles. The number of hydrogen-bond donors (Lipinski definition) is 1. The van der Waals surface area contributed by atoms with Gasteiger partial charge in [-0.2, -0.15) is 5.10 Å². The van der Waals surface area contributed by atoms with E-state index in [2.05, 4.69) is 15.4 Å². The predicted molar refractivity (Wildman–Crippen MR) is 126 cm³/mol. The van der Waals surface area contributed by atoms with E-state index in [0.717, 1.165) is 11.4 Å². The number of ether oxygens (including phenoxy) is 1. The third kappa shape index (κ3) is 5.24. The Morgan fingerprint density at radius 1 is 0.882 bits per heavy atom. The number of Topliss-reactive ketones (excluding diaryl/α,β-unsaturated/α-hetero) is 1. The maximum absolute atomic E-state index is 12.4. The first-order valence-corrected chi connectivity index (χ1v) is 10.6. The zero-order chi connectivity index (χ0) is 24.1. The molecule has 0 unspecified atom stereocenters. The van der Waals surface area contributed by atoms with E-state index in [1.54, 1.807) is 65.3 Å². The van der Waals surface area contributed by atoms with Crippen LogP contribution in [0.5, 0.6) is 0 Å². The van der Waals surface area contributed by atoms with Gasteiger partial charge in [-0.15, -0.1) is 0 Å². The fraction of sp³-hybridized carbons (Fsp3) is 0.115. The second-order valence-electron chi connectivity index (χ2n) is 7.64. The Balaban J connectivity index is 1.32. The maximum atomic E-state index is 12.4. The number of aromatic nitrogens is 3. The van der Waals surface area contributed by atoms with Gasteiger partial charge in [-0.3, -0.25) is 9.59 Å². The molecule has 0 saturated heterocycles. The zero-order valence-corrected chi connectivity index (χ0v) is 18.7. The number of nitrogens with one attached hydrogen (secondary N) is 1. The Bertz CT molecular complexity index is 1330. The number of pyridine rings is 1. The number of esters is 1. The van der Waals surface area contributed by atoms with E-state index in [-0.39, 0.29) is 17.3 Å². The summed E-state index contributed by atoms with van der Waals surface area (Å²) in [6.07, 6.45) is 1.39. The monoisotopic (exact) mass is 454 g/mol. The molecule has 8 heteroatoms. The van der Waals surface area contributed by atoms with Crippen molar-refractivity contribution in [2.24, 2.45) is 0 Å². The summed E-state index contributed by atoms with van der Waals surface area (Å²) in [4.78, 5) is 41.2. The second-order valence-corrected chi connectivity index (χ2v) is 7.64. The van der Waals surface area contributed by atoms with E-state index in [1.165, 1.54) is 6.20 Å². The number of nitrogens with zero attached hydrogens (tertiary/aromatic N) is 3. The minimum atomic E-state index is -0.646. The van der Waals surface area contributed by atoms with E-state index >= 15 is 0 Å². The second kappa shape index (κ2) is 9.91. The first kappa shape index (κ1) is 22.6. The molecule has 0 bridgehead atoms. The number of benzene rings is 2. The molecule has 0 radical (unpaired) electrons. The molecular weight excluding hydrogens is 432 g/mol. The molecule has 8 nitrogen and oxygen atoms in total. The fourth-order valence-corrected chi connectivity index (χ4v) is 3.32. The van der Waals surface area contributed by atoms with Crippen molar-refractivity contribution in [3.63, 3.8) is 0 Å². The van der Waals surface area contributed by atoms with Crippen molar-refractivity contribution in [3.05, 3.63) is 107 Å². The third-order valence-electron chi connectivity index (χ3n) is 5.05. The number of rotatable bonds is 7. The maximum Gasteiger partial charge on any atom is 0.340 e. The standard InChI is InChI=1S/C26H22N4O4/c1-17-14-18(2)30(29-17)24-13-10-21(15-27-24)26(33)34-16-23(31)19-8-11-22(12-9-19)28-25(32)20-6-4-3-5-7-20/h3-15H,16H2,1-2H3,(H,28,32). The van der Waals surface area contributed by atoms with Crippen molar-refractivity contribution in [2.45, 2.75) is 13.8 Å². The Morgan fingerprint density at radius 2 is 1.59 bits per heavy atom. The van der Waals surface area contributed by atoms with Gasteiger partial charge in [0.1, 0.15) is 0 Å². The summed E-state index contributed by atoms with van der Waals surface area (Å²) in [5.74, 6) is -0.669. The topological polar surface area (TPSA) is 103 Å². The van der Waals surface area contributed by atoms with Crippen molar-refractivity contribution in [1.29, 1.82) is 0 Å². The number of aryl methyl sites for hydroxylation is 2. The highest BCUT2D eigenvalue weighted by molar-refractivity contribution is 6.05. The molecule has 0 fully saturated rings. The Kier molecular flexibility index (Phi) is 6.59. The van der Waals surface area contributed by atoms with Crippen LogP contribution in [0.1, 0.15) is 42.5 Å². The predicted octanol–water partition coefficient (Wildman–Crippen LogP) is 4.18. The lowest BCUT2D eigenvalue weighted by Crippen LogP contribution is -2.15. The molecule has 0 saturated carbocycles. The molecule has 2 aromatic heterocycles. The molecule has 0 aliphatic carbocycles. The van der Waals surface area contributed by atoms with Crippen LogP contribution in [0.25, 0.3) is 5.82 Å². The summed E-state index contributed by atoms with van der Waals surface area (Å²) in [7, 11) is 0. The number of ketones is 1. The van der Waals surface area contributed by atoms with E-state index in [9.17, 15) is 14.4 Å². The van der Waals surface area contributed by atoms with Gasteiger partial charge >= 0.3 is 5.97 Å². The molecule has 0 aliphatic rings. The van der Waals surface area contributed by atoms with Gasteiger partial charge in [0, 0.05) is 28.7 Å². The van der Waals surface area contributed by atoms with Crippen LogP contribution in [-0.4, -0.2) is 39.0 Å². The van der Waals surface area contributed by atoms with E-state index < -0.39 is 12.6 Å². The average molecular weight is 454 g/mol. The smallest absolute Gasteiger partial charge is 0.340 e. The normalized spacial score (nSPS) is 10.5. The van der Waals surface area contributed by atoms with E-state index in [0.29, 0.717) is 22.6 Å². The Labute approximate surface area is 196 Å². The summed E-state index contributed by atoms with van der Waals surface area (Å²) >= 11 is 0. The summed E-state index contributed by atoms with van der Waals surface area (Å²) in [5, 5.41) is 7.12. The van der Waals surface area contributed by atoms with Gasteiger partial charge in [-0.05, 0) is 68.4 Å². The zero-order valence-electron chi connectivity index (χ0n) is 18.7. The van der Waals surface area contributed by atoms with Crippen LogP contribution in [0.15, 0.2) is 79.0 Å². The van der Waals surface area contributed by atoms with Crippen molar-refractivity contribution < 1.29 is 19.1 Å². The highest BCUT2D eigenvalue weighted by Gasteiger charge is 2.14. The molecule has 0 atom stereocenters. The van der Waals surface area contributed by atoms with E-state index in [1.807, 2.05) is 26.0 Å². The number of anilines is 1. The first-order chi connectivity index (χ1) is 16.4. The highest BCUT2D eigenvalue weighted by atomic mass is 16.5. The number of carbonyl (C=O) groups excluding carboxylic acids is 3. The largest absolute Gasteiger partial charge is 0.454 e. The molecule has 34 heavy (non-hydrogen) atoms. The van der Waals surface area contributed by atoms with Gasteiger partial charge in [0.2, 0.25) is 0 Å². The van der Waals surface area contributed by atoms with Crippen molar-refractivity contribution in [1.82, 2.24) is 14.8 Å². The number of carbonyl (C=O) groups is 3. The van der Waals surface area contributed by atoms with Crippen molar-refractivity contribution in [2.75, 3.05) is 11.9 Å². The SMILES string of the molecule is Cc1cc(C)n(-c2ccc(C(=O)OCC(=O)c3ccc(NC(=O)c4ccccc4)cc3)cn2)n1. The van der Waals surface area contributed by atoms with Gasteiger partial charge < -0.3 is 10.1 Å². The van der Waals surface area contributed by atoms with Gasteiger partial charge in [-0.1, -0.05) is 18.2 Å². The van der Waals surface area contributed by atoms with Crippen LogP contribution in [0.3, 0.4) is 0 Å². The summed E-state index contributed by atoms with van der Waals surface area (Å²) < 4.78 is 6.83. The molecule has 2 aromatic carbocycles. The lowest BCUT2D eigenvalue weighted by Gasteiger charge is -2.08. The van der Waals surface area contributed by atoms with Gasteiger partial charge in [-0.25, -0.2) is 14.5 Å². The molecule has 4 rings (SSSR count).